The third-order valence-corrected chi connectivity index (χ3v) is 12.9. The van der Waals surface area contributed by atoms with Gasteiger partial charge in [0, 0.05) is 11.8 Å². The Bertz CT molecular complexity index is 3010. The van der Waals surface area contributed by atoms with Crippen LogP contribution in [0, 0.1) is 0 Å². The molecule has 12 rings (SSSR count). The fourth-order valence-corrected chi connectivity index (χ4v) is 10.2. The Morgan fingerprint density at radius 1 is 0.246 bits per heavy atom. The van der Waals surface area contributed by atoms with Gasteiger partial charge in [0.05, 0.1) is 0 Å². The van der Waals surface area contributed by atoms with Crippen LogP contribution in [0.2, 0.25) is 0 Å². The van der Waals surface area contributed by atoms with E-state index in [4.69, 9.17) is 0 Å². The van der Waals surface area contributed by atoms with Gasteiger partial charge in [-0.15, -0.1) is 0 Å². The van der Waals surface area contributed by atoms with Crippen molar-refractivity contribution in [3.63, 3.8) is 0 Å². The summed E-state index contributed by atoms with van der Waals surface area (Å²) in [7, 11) is 0. The van der Waals surface area contributed by atoms with Crippen molar-refractivity contribution >= 4 is 0 Å². The molecule has 0 bridgehead atoms. The van der Waals surface area contributed by atoms with Gasteiger partial charge in [-0.3, -0.25) is 0 Å². The first-order valence-electron chi connectivity index (χ1n) is 20.2. The van der Waals surface area contributed by atoms with Crippen molar-refractivity contribution in [1.82, 2.24) is 0 Å². The summed E-state index contributed by atoms with van der Waals surface area (Å²) in [6.45, 7) is 0. The highest BCUT2D eigenvalue weighted by molar-refractivity contribution is 5.91. The number of hydrogen-bond donors (Lipinski definition) is 0. The molecule has 2 unspecified atom stereocenters. The lowest BCUT2D eigenvalue weighted by atomic mass is 9.86. The molecule has 0 heterocycles. The van der Waals surface area contributed by atoms with E-state index >= 15 is 0 Å². The Hall–Kier alpha value is -7.02. The minimum absolute atomic E-state index is 0.184. The molecule has 3 aliphatic rings. The quantitative estimate of drug-likeness (QED) is 0.166. The molecule has 0 saturated heterocycles. The zero-order valence-electron chi connectivity index (χ0n) is 31.5. The van der Waals surface area contributed by atoms with E-state index in [1.807, 2.05) is 0 Å². The van der Waals surface area contributed by atoms with Gasteiger partial charge in [0.25, 0.3) is 0 Å². The molecular formula is C57H38. The van der Waals surface area contributed by atoms with Crippen molar-refractivity contribution in [3.8, 4) is 66.8 Å². The molecule has 9 aromatic rings. The van der Waals surface area contributed by atoms with Crippen LogP contribution in [0.3, 0.4) is 0 Å². The fourth-order valence-electron chi connectivity index (χ4n) is 10.2. The molecule has 0 aliphatic heterocycles. The summed E-state index contributed by atoms with van der Waals surface area (Å²) in [4.78, 5) is 0. The van der Waals surface area contributed by atoms with Gasteiger partial charge in [0.15, 0.2) is 0 Å². The number of benzene rings is 9. The molecule has 0 nitrogen and oxygen atoms in total. The van der Waals surface area contributed by atoms with Gasteiger partial charge < -0.3 is 0 Å². The molecule has 0 heteroatoms. The minimum Gasteiger partial charge on any atom is -0.0622 e. The summed E-state index contributed by atoms with van der Waals surface area (Å²) in [5.41, 5.74) is 26.8. The van der Waals surface area contributed by atoms with Crippen LogP contribution in [0.5, 0.6) is 0 Å². The molecule has 266 valence electrons. The third kappa shape index (κ3) is 5.14. The van der Waals surface area contributed by atoms with Gasteiger partial charge >= 0.3 is 0 Å². The summed E-state index contributed by atoms with van der Waals surface area (Å²) < 4.78 is 0. The first-order valence-corrected chi connectivity index (χ1v) is 20.2. The zero-order valence-corrected chi connectivity index (χ0v) is 31.5. The van der Waals surface area contributed by atoms with Gasteiger partial charge in [0.1, 0.15) is 0 Å². The molecule has 57 heavy (non-hydrogen) atoms. The lowest BCUT2D eigenvalue weighted by Crippen LogP contribution is -2.00. The van der Waals surface area contributed by atoms with Crippen LogP contribution in [-0.2, 0) is 6.42 Å². The molecule has 0 saturated carbocycles. The molecule has 0 radical (unpaired) electrons. The minimum atomic E-state index is 0.184. The molecule has 0 N–H and O–H groups in total. The Balaban J connectivity index is 0.959. The summed E-state index contributed by atoms with van der Waals surface area (Å²) in [6.07, 6.45) is 0.995. The van der Waals surface area contributed by atoms with Gasteiger partial charge in [-0.2, -0.15) is 0 Å². The highest BCUT2D eigenvalue weighted by Crippen LogP contribution is 2.54. The van der Waals surface area contributed by atoms with Gasteiger partial charge in [0.2, 0.25) is 0 Å². The second-order valence-corrected chi connectivity index (χ2v) is 16.0. The van der Waals surface area contributed by atoms with Crippen molar-refractivity contribution in [3.05, 3.63) is 251 Å². The van der Waals surface area contributed by atoms with E-state index in [0.717, 1.165) is 6.42 Å². The van der Waals surface area contributed by atoms with Crippen molar-refractivity contribution in [2.24, 2.45) is 0 Å². The first kappa shape index (κ1) is 32.2. The van der Waals surface area contributed by atoms with Crippen LogP contribution in [-0.4, -0.2) is 0 Å². The fraction of sp³-hybridized carbons (Fsp3) is 0.0526. The van der Waals surface area contributed by atoms with E-state index in [0.29, 0.717) is 0 Å². The molecule has 0 aromatic heterocycles. The normalized spacial score (nSPS) is 15.3. The second-order valence-electron chi connectivity index (χ2n) is 16.0. The largest absolute Gasteiger partial charge is 0.0622 e. The lowest BCUT2D eigenvalue weighted by Gasteiger charge is -2.17. The molecule has 3 aliphatic carbocycles. The SMILES string of the molecule is c1ccc(-c2ccc(C3c4ccccc4-c4cc(-c5ccc6c(c5)-c5cc7c(cc5C6c5ccc(-c6ccccc6)cc5)Cc5ccccc5-7)ccc43)cc2)cc1. The maximum atomic E-state index is 2.53. The Morgan fingerprint density at radius 2 is 0.684 bits per heavy atom. The van der Waals surface area contributed by atoms with Crippen molar-refractivity contribution < 1.29 is 0 Å². The van der Waals surface area contributed by atoms with Crippen molar-refractivity contribution in [2.75, 3.05) is 0 Å². The zero-order chi connectivity index (χ0) is 37.5. The van der Waals surface area contributed by atoms with Crippen molar-refractivity contribution in [1.29, 1.82) is 0 Å². The predicted molar refractivity (Wildman–Crippen MR) is 237 cm³/mol. The Kier molecular flexibility index (Phi) is 7.22. The van der Waals surface area contributed by atoms with Crippen LogP contribution >= 0.6 is 0 Å². The van der Waals surface area contributed by atoms with E-state index < -0.39 is 0 Å². The summed E-state index contributed by atoms with van der Waals surface area (Å²) in [5, 5.41) is 0. The van der Waals surface area contributed by atoms with E-state index in [1.54, 1.807) is 0 Å². The van der Waals surface area contributed by atoms with Crippen LogP contribution < -0.4 is 0 Å². The lowest BCUT2D eigenvalue weighted by molar-refractivity contribution is 1.01. The van der Waals surface area contributed by atoms with Crippen LogP contribution in [0.1, 0.15) is 56.3 Å². The molecule has 9 aromatic carbocycles. The standard InChI is InChI=1S/C57H38/c1-3-11-36(12-4-1)38-19-23-40(24-20-38)56-48-18-10-9-17-47(48)52-32-42(27-29-49(52)56)43-28-30-50-53(33-43)54-35-51-45(31-44-15-7-8-16-46(44)51)34-55(54)57(50)41-25-21-39(22-26-41)37-13-5-2-6-14-37/h1-30,32-35,56-57H,31H2. The van der Waals surface area contributed by atoms with E-state index in [1.165, 1.54) is 111 Å². The summed E-state index contributed by atoms with van der Waals surface area (Å²) >= 11 is 0. The first-order chi connectivity index (χ1) is 28.2. The predicted octanol–water partition coefficient (Wildman–Crippen LogP) is 14.6. The van der Waals surface area contributed by atoms with E-state index in [2.05, 4.69) is 206 Å². The van der Waals surface area contributed by atoms with Crippen LogP contribution in [0.15, 0.2) is 206 Å². The van der Waals surface area contributed by atoms with Crippen LogP contribution in [0.4, 0.5) is 0 Å². The molecular weight excluding hydrogens is 685 g/mol. The number of fused-ring (bicyclic) bond motifs is 9. The van der Waals surface area contributed by atoms with Gasteiger partial charge in [-0.25, -0.2) is 0 Å². The monoisotopic (exact) mass is 722 g/mol. The molecule has 0 fully saturated rings. The van der Waals surface area contributed by atoms with Gasteiger partial charge in [-0.05, 0) is 136 Å². The summed E-state index contributed by atoms with van der Waals surface area (Å²) in [5.74, 6) is 0.393. The average molecular weight is 723 g/mol. The number of rotatable bonds is 5. The molecule has 2 atom stereocenters. The average Bonchev–Trinajstić information content (AvgIpc) is 3.93. The molecule has 0 spiro atoms. The smallest absolute Gasteiger partial charge is 0.0352 e. The van der Waals surface area contributed by atoms with E-state index in [9.17, 15) is 0 Å². The van der Waals surface area contributed by atoms with E-state index in [-0.39, 0.29) is 11.8 Å². The summed E-state index contributed by atoms with van der Waals surface area (Å²) in [6, 6.07) is 77.3. The Morgan fingerprint density at radius 3 is 1.30 bits per heavy atom. The maximum Gasteiger partial charge on any atom is 0.0352 e. The third-order valence-electron chi connectivity index (χ3n) is 12.9. The maximum absolute atomic E-state index is 2.53. The number of hydrogen-bond acceptors (Lipinski definition) is 0. The molecule has 0 amide bonds. The highest BCUT2D eigenvalue weighted by atomic mass is 14.4. The van der Waals surface area contributed by atoms with Gasteiger partial charge in [-0.1, -0.05) is 188 Å². The second kappa shape index (κ2) is 12.8. The van der Waals surface area contributed by atoms with Crippen LogP contribution in [0.25, 0.3) is 66.8 Å². The topological polar surface area (TPSA) is 0 Å². The van der Waals surface area contributed by atoms with Crippen molar-refractivity contribution in [2.45, 2.75) is 18.3 Å². The highest BCUT2D eigenvalue weighted by Gasteiger charge is 2.34. The Labute approximate surface area is 334 Å².